The van der Waals surface area contributed by atoms with Crippen molar-refractivity contribution < 1.29 is 4.79 Å². The number of nitrogens with zero attached hydrogens (tertiary/aromatic N) is 1. The number of anilines is 1. The summed E-state index contributed by atoms with van der Waals surface area (Å²) in [6.07, 6.45) is 1.04. The first-order valence-corrected chi connectivity index (χ1v) is 6.83. The second kappa shape index (κ2) is 6.29. The molecule has 0 radical (unpaired) electrons. The lowest BCUT2D eigenvalue weighted by Gasteiger charge is -2.19. The molecule has 1 aromatic carbocycles. The van der Waals surface area contributed by atoms with E-state index in [0.717, 1.165) is 18.7 Å². The van der Waals surface area contributed by atoms with Crippen LogP contribution in [-0.4, -0.2) is 31.4 Å². The van der Waals surface area contributed by atoms with Crippen LogP contribution in [0.3, 0.4) is 0 Å². The Balaban J connectivity index is 2.78. The summed E-state index contributed by atoms with van der Waals surface area (Å²) in [6.45, 7) is 7.43. The molecule has 19 heavy (non-hydrogen) atoms. The highest BCUT2D eigenvalue weighted by Crippen LogP contribution is 2.25. The van der Waals surface area contributed by atoms with Gasteiger partial charge in [0.15, 0.2) is 0 Å². The molecule has 4 heteroatoms. The second-order valence-electron chi connectivity index (χ2n) is 6.13. The Labute approximate surface area is 120 Å². The average molecular weight is 283 g/mol. The SMILES string of the molecule is CN(C)C(=O)c1ccc(Cl)c(NCCC(C)(C)C)c1. The fourth-order valence-corrected chi connectivity index (χ4v) is 1.81. The lowest BCUT2D eigenvalue weighted by Crippen LogP contribution is -2.21. The second-order valence-corrected chi connectivity index (χ2v) is 6.54. The summed E-state index contributed by atoms with van der Waals surface area (Å²) in [7, 11) is 3.48. The zero-order valence-corrected chi connectivity index (χ0v) is 13.1. The van der Waals surface area contributed by atoms with Crippen LogP contribution in [0.2, 0.25) is 5.02 Å². The Bertz CT molecular complexity index is 450. The molecule has 1 aromatic rings. The summed E-state index contributed by atoms with van der Waals surface area (Å²) in [5, 5.41) is 3.94. The maximum Gasteiger partial charge on any atom is 0.253 e. The molecule has 0 saturated carbocycles. The molecular formula is C15H23ClN2O. The van der Waals surface area contributed by atoms with Gasteiger partial charge in [0.1, 0.15) is 0 Å². The van der Waals surface area contributed by atoms with Gasteiger partial charge in [-0.15, -0.1) is 0 Å². The molecule has 0 aromatic heterocycles. The third-order valence-corrected chi connectivity index (χ3v) is 3.14. The molecule has 1 rings (SSSR count). The van der Waals surface area contributed by atoms with Gasteiger partial charge in [-0.1, -0.05) is 32.4 Å². The van der Waals surface area contributed by atoms with Crippen LogP contribution in [0.5, 0.6) is 0 Å². The summed E-state index contributed by atoms with van der Waals surface area (Å²) < 4.78 is 0. The molecule has 0 unspecified atom stereocenters. The zero-order valence-electron chi connectivity index (χ0n) is 12.4. The molecule has 0 saturated heterocycles. The van der Waals surface area contributed by atoms with Crippen molar-refractivity contribution in [2.24, 2.45) is 5.41 Å². The molecule has 0 aliphatic rings. The predicted molar refractivity (Wildman–Crippen MR) is 82.0 cm³/mol. The summed E-state index contributed by atoms with van der Waals surface area (Å²) in [5.41, 5.74) is 1.74. The van der Waals surface area contributed by atoms with Crippen LogP contribution in [-0.2, 0) is 0 Å². The summed E-state index contributed by atoms with van der Waals surface area (Å²) in [5.74, 6) is -0.0180. The highest BCUT2D eigenvalue weighted by atomic mass is 35.5. The predicted octanol–water partition coefficient (Wildman–Crippen LogP) is 3.89. The highest BCUT2D eigenvalue weighted by molar-refractivity contribution is 6.33. The summed E-state index contributed by atoms with van der Waals surface area (Å²) in [6, 6.07) is 5.32. The zero-order chi connectivity index (χ0) is 14.6. The van der Waals surface area contributed by atoms with Gasteiger partial charge in [0.25, 0.3) is 5.91 Å². The monoisotopic (exact) mass is 282 g/mol. The van der Waals surface area contributed by atoms with Gasteiger partial charge in [-0.3, -0.25) is 4.79 Å². The maximum atomic E-state index is 11.9. The van der Waals surface area contributed by atoms with Crippen molar-refractivity contribution in [1.29, 1.82) is 0 Å². The van der Waals surface area contributed by atoms with Gasteiger partial charge in [0.05, 0.1) is 10.7 Å². The number of carbonyl (C=O) groups excluding carboxylic acids is 1. The first-order chi connectivity index (χ1) is 8.70. The highest BCUT2D eigenvalue weighted by Gasteiger charge is 2.12. The number of amides is 1. The van der Waals surface area contributed by atoms with Crippen LogP contribution in [0.25, 0.3) is 0 Å². The van der Waals surface area contributed by atoms with Gasteiger partial charge in [-0.2, -0.15) is 0 Å². The Morgan fingerprint density at radius 1 is 1.32 bits per heavy atom. The van der Waals surface area contributed by atoms with Crippen LogP contribution in [0.4, 0.5) is 5.69 Å². The van der Waals surface area contributed by atoms with E-state index in [9.17, 15) is 4.79 Å². The largest absolute Gasteiger partial charge is 0.384 e. The topological polar surface area (TPSA) is 32.3 Å². The molecule has 0 spiro atoms. The van der Waals surface area contributed by atoms with Crippen LogP contribution >= 0.6 is 11.6 Å². The number of hydrogen-bond acceptors (Lipinski definition) is 2. The first kappa shape index (κ1) is 15.8. The third-order valence-electron chi connectivity index (χ3n) is 2.81. The van der Waals surface area contributed by atoms with Crippen LogP contribution in [0, 0.1) is 5.41 Å². The molecule has 1 amide bonds. The first-order valence-electron chi connectivity index (χ1n) is 6.46. The Morgan fingerprint density at radius 3 is 2.47 bits per heavy atom. The molecule has 3 nitrogen and oxygen atoms in total. The minimum absolute atomic E-state index is 0.0180. The standard InChI is InChI=1S/C15H23ClN2O/c1-15(2,3)8-9-17-13-10-11(6-7-12(13)16)14(19)18(4)5/h6-7,10,17H,8-9H2,1-5H3. The van der Waals surface area contributed by atoms with Crippen molar-refractivity contribution in [2.45, 2.75) is 27.2 Å². The van der Waals surface area contributed by atoms with Crippen molar-refractivity contribution in [2.75, 3.05) is 26.0 Å². The quantitative estimate of drug-likeness (QED) is 0.909. The smallest absolute Gasteiger partial charge is 0.253 e. The number of rotatable bonds is 4. The van der Waals surface area contributed by atoms with Crippen molar-refractivity contribution in [3.63, 3.8) is 0 Å². The molecule has 0 heterocycles. The van der Waals surface area contributed by atoms with E-state index in [4.69, 9.17) is 11.6 Å². The van der Waals surface area contributed by atoms with E-state index in [1.165, 1.54) is 0 Å². The van der Waals surface area contributed by atoms with Crippen molar-refractivity contribution >= 4 is 23.2 Å². The van der Waals surface area contributed by atoms with Gasteiger partial charge < -0.3 is 10.2 Å². The van der Waals surface area contributed by atoms with Crippen molar-refractivity contribution in [1.82, 2.24) is 4.90 Å². The molecule has 1 N–H and O–H groups in total. The lowest BCUT2D eigenvalue weighted by atomic mass is 9.92. The number of carbonyl (C=O) groups is 1. The van der Waals surface area contributed by atoms with Crippen LogP contribution in [0.15, 0.2) is 18.2 Å². The number of halogens is 1. The maximum absolute atomic E-state index is 11.9. The van der Waals surface area contributed by atoms with E-state index in [2.05, 4.69) is 26.1 Å². The van der Waals surface area contributed by atoms with Gasteiger partial charge in [0, 0.05) is 26.2 Å². The Morgan fingerprint density at radius 2 is 1.95 bits per heavy atom. The van der Waals surface area contributed by atoms with Gasteiger partial charge in [0.2, 0.25) is 0 Å². The van der Waals surface area contributed by atoms with E-state index >= 15 is 0 Å². The van der Waals surface area contributed by atoms with Crippen molar-refractivity contribution in [3.05, 3.63) is 28.8 Å². The summed E-state index contributed by atoms with van der Waals surface area (Å²) in [4.78, 5) is 13.5. The molecule has 0 aliphatic heterocycles. The Kier molecular flexibility index (Phi) is 5.24. The van der Waals surface area contributed by atoms with Crippen LogP contribution in [0.1, 0.15) is 37.6 Å². The van der Waals surface area contributed by atoms with E-state index in [1.807, 2.05) is 6.07 Å². The minimum Gasteiger partial charge on any atom is -0.384 e. The van der Waals surface area contributed by atoms with Crippen molar-refractivity contribution in [3.8, 4) is 0 Å². The third kappa shape index (κ3) is 5.11. The van der Waals surface area contributed by atoms with E-state index in [0.29, 0.717) is 10.6 Å². The summed E-state index contributed by atoms with van der Waals surface area (Å²) >= 11 is 6.14. The van der Waals surface area contributed by atoms with Gasteiger partial charge in [-0.05, 0) is 30.0 Å². The van der Waals surface area contributed by atoms with E-state index in [-0.39, 0.29) is 11.3 Å². The number of hydrogen-bond donors (Lipinski definition) is 1. The fraction of sp³-hybridized carbons (Fsp3) is 0.533. The minimum atomic E-state index is -0.0180. The molecule has 0 bridgehead atoms. The van der Waals surface area contributed by atoms with Gasteiger partial charge >= 0.3 is 0 Å². The number of nitrogens with one attached hydrogen (secondary N) is 1. The lowest BCUT2D eigenvalue weighted by molar-refractivity contribution is 0.0827. The molecule has 106 valence electrons. The molecule has 0 aliphatic carbocycles. The normalized spacial score (nSPS) is 11.3. The number of benzene rings is 1. The molecular weight excluding hydrogens is 260 g/mol. The van der Waals surface area contributed by atoms with E-state index in [1.54, 1.807) is 31.1 Å². The average Bonchev–Trinajstić information content (AvgIpc) is 2.29. The van der Waals surface area contributed by atoms with E-state index < -0.39 is 0 Å². The molecule has 0 fully saturated rings. The van der Waals surface area contributed by atoms with Crippen LogP contribution < -0.4 is 5.32 Å². The Hall–Kier alpha value is -1.22. The molecule has 0 atom stereocenters. The van der Waals surface area contributed by atoms with Gasteiger partial charge in [-0.25, -0.2) is 0 Å². The fourth-order valence-electron chi connectivity index (χ4n) is 1.62.